The second kappa shape index (κ2) is 4.10. The number of hydrogen-bond acceptors (Lipinski definition) is 2. The third-order valence-electron chi connectivity index (χ3n) is 2.64. The molecule has 0 spiro atoms. The zero-order chi connectivity index (χ0) is 11.7. The molecular weight excluding hydrogens is 220 g/mol. The van der Waals surface area contributed by atoms with Crippen LogP contribution < -0.4 is 4.74 Å². The lowest BCUT2D eigenvalue weighted by atomic mass is 10.0. The van der Waals surface area contributed by atoms with E-state index in [1.165, 1.54) is 0 Å². The van der Waals surface area contributed by atoms with Crippen molar-refractivity contribution in [2.45, 2.75) is 6.92 Å². The standard InChI is InChI=1S/C13H12O2S/c1-8-7-11(13(14)16)12(15-2)10-6-4-3-5-9(8)10/h3-7H,1-2H3,(H,14,16). The first-order chi connectivity index (χ1) is 7.65. The van der Waals surface area contributed by atoms with Gasteiger partial charge in [-0.1, -0.05) is 24.3 Å². The summed E-state index contributed by atoms with van der Waals surface area (Å²) in [5, 5.41) is 11.4. The molecule has 0 radical (unpaired) electrons. The van der Waals surface area contributed by atoms with Crippen molar-refractivity contribution in [3.05, 3.63) is 41.5 Å². The summed E-state index contributed by atoms with van der Waals surface area (Å²) in [6.07, 6.45) is 0. The molecule has 2 aromatic carbocycles. The summed E-state index contributed by atoms with van der Waals surface area (Å²) in [5.41, 5.74) is 1.65. The Bertz CT molecular complexity index is 561. The first-order valence-corrected chi connectivity index (χ1v) is 5.35. The molecule has 0 aromatic heterocycles. The fraction of sp³-hybridized carbons (Fsp3) is 0.154. The van der Waals surface area contributed by atoms with E-state index in [9.17, 15) is 5.11 Å². The van der Waals surface area contributed by atoms with E-state index in [1.807, 2.05) is 37.3 Å². The SMILES string of the molecule is COc1c(C(O)=S)cc(C)c2ccccc12. The average molecular weight is 232 g/mol. The van der Waals surface area contributed by atoms with Crippen molar-refractivity contribution in [3.63, 3.8) is 0 Å². The Morgan fingerprint density at radius 1 is 1.25 bits per heavy atom. The van der Waals surface area contributed by atoms with Gasteiger partial charge < -0.3 is 9.84 Å². The van der Waals surface area contributed by atoms with Gasteiger partial charge in [0.2, 0.25) is 0 Å². The van der Waals surface area contributed by atoms with Gasteiger partial charge in [-0.3, -0.25) is 0 Å². The van der Waals surface area contributed by atoms with Gasteiger partial charge in [0, 0.05) is 5.39 Å². The van der Waals surface area contributed by atoms with E-state index in [-0.39, 0.29) is 5.05 Å². The molecule has 2 nitrogen and oxygen atoms in total. The van der Waals surface area contributed by atoms with Crippen LogP contribution in [0.1, 0.15) is 11.1 Å². The summed E-state index contributed by atoms with van der Waals surface area (Å²) >= 11 is 4.81. The molecule has 82 valence electrons. The maximum Gasteiger partial charge on any atom is 0.192 e. The van der Waals surface area contributed by atoms with Gasteiger partial charge in [-0.15, -0.1) is 0 Å². The number of fused-ring (bicyclic) bond motifs is 1. The van der Waals surface area contributed by atoms with Crippen molar-refractivity contribution in [3.8, 4) is 5.75 Å². The molecule has 0 aliphatic rings. The van der Waals surface area contributed by atoms with E-state index in [1.54, 1.807) is 7.11 Å². The molecule has 0 heterocycles. The van der Waals surface area contributed by atoms with Crippen LogP contribution in [-0.4, -0.2) is 17.3 Å². The molecular formula is C13H12O2S. The number of rotatable bonds is 2. The minimum absolute atomic E-state index is 0.134. The van der Waals surface area contributed by atoms with Crippen molar-refractivity contribution in [2.24, 2.45) is 0 Å². The molecule has 0 bridgehead atoms. The van der Waals surface area contributed by atoms with Gasteiger partial charge in [0.25, 0.3) is 0 Å². The predicted molar refractivity (Wildman–Crippen MR) is 69.6 cm³/mol. The lowest BCUT2D eigenvalue weighted by molar-refractivity contribution is 0.417. The Balaban J connectivity index is 2.90. The Morgan fingerprint density at radius 3 is 2.44 bits per heavy atom. The molecule has 0 amide bonds. The number of aliphatic hydroxyl groups excluding tert-OH is 1. The summed E-state index contributed by atoms with van der Waals surface area (Å²) in [4.78, 5) is 0. The number of aliphatic hydroxyl groups is 1. The van der Waals surface area contributed by atoms with Gasteiger partial charge in [-0.25, -0.2) is 0 Å². The Hall–Kier alpha value is -1.61. The second-order valence-electron chi connectivity index (χ2n) is 3.63. The Labute approximate surface area is 99.5 Å². The van der Waals surface area contributed by atoms with Crippen molar-refractivity contribution in [1.82, 2.24) is 0 Å². The molecule has 0 unspecified atom stereocenters. The third kappa shape index (κ3) is 1.63. The van der Waals surface area contributed by atoms with Crippen LogP contribution in [0.4, 0.5) is 0 Å². The van der Waals surface area contributed by atoms with Gasteiger partial charge in [0.05, 0.1) is 12.7 Å². The molecule has 1 N–H and O–H groups in total. The first-order valence-electron chi connectivity index (χ1n) is 4.94. The summed E-state index contributed by atoms with van der Waals surface area (Å²) < 4.78 is 5.33. The zero-order valence-corrected chi connectivity index (χ0v) is 9.97. The predicted octanol–water partition coefficient (Wildman–Crippen LogP) is 3.39. The highest BCUT2D eigenvalue weighted by Crippen LogP contribution is 2.32. The largest absolute Gasteiger partial charge is 0.498 e. The molecule has 0 saturated carbocycles. The summed E-state index contributed by atoms with van der Waals surface area (Å²) in [6.45, 7) is 1.99. The van der Waals surface area contributed by atoms with Crippen LogP contribution in [0.2, 0.25) is 0 Å². The summed E-state index contributed by atoms with van der Waals surface area (Å²) in [6, 6.07) is 9.75. The van der Waals surface area contributed by atoms with Crippen LogP contribution in [0.3, 0.4) is 0 Å². The van der Waals surface area contributed by atoms with Gasteiger partial charge in [0.15, 0.2) is 5.05 Å². The highest BCUT2D eigenvalue weighted by atomic mass is 32.1. The van der Waals surface area contributed by atoms with Crippen LogP contribution >= 0.6 is 12.2 Å². The van der Waals surface area contributed by atoms with Crippen LogP contribution in [-0.2, 0) is 0 Å². The number of hydrogen-bond donors (Lipinski definition) is 1. The Morgan fingerprint density at radius 2 is 1.88 bits per heavy atom. The van der Waals surface area contributed by atoms with Gasteiger partial charge >= 0.3 is 0 Å². The highest BCUT2D eigenvalue weighted by Gasteiger charge is 2.13. The minimum Gasteiger partial charge on any atom is -0.498 e. The molecule has 2 aromatic rings. The van der Waals surface area contributed by atoms with Crippen LogP contribution in [0.5, 0.6) is 5.75 Å². The molecule has 0 fully saturated rings. The topological polar surface area (TPSA) is 29.5 Å². The van der Waals surface area contributed by atoms with Crippen LogP contribution in [0.25, 0.3) is 10.8 Å². The van der Waals surface area contributed by atoms with E-state index in [4.69, 9.17) is 17.0 Å². The van der Waals surface area contributed by atoms with E-state index >= 15 is 0 Å². The summed E-state index contributed by atoms with van der Waals surface area (Å²) in [5.74, 6) is 0.633. The zero-order valence-electron chi connectivity index (χ0n) is 9.15. The smallest absolute Gasteiger partial charge is 0.192 e. The molecule has 0 saturated heterocycles. The van der Waals surface area contributed by atoms with Crippen molar-refractivity contribution >= 4 is 28.0 Å². The number of ether oxygens (including phenoxy) is 1. The molecule has 2 rings (SSSR count). The van der Waals surface area contributed by atoms with Crippen molar-refractivity contribution < 1.29 is 9.84 Å². The average Bonchev–Trinajstić information content (AvgIpc) is 2.29. The van der Waals surface area contributed by atoms with Crippen LogP contribution in [0.15, 0.2) is 30.3 Å². The normalized spacial score (nSPS) is 10.4. The lowest BCUT2D eigenvalue weighted by Crippen LogP contribution is -2.01. The molecule has 3 heteroatoms. The van der Waals surface area contributed by atoms with E-state index < -0.39 is 0 Å². The van der Waals surface area contributed by atoms with Gasteiger partial charge in [-0.05, 0) is 36.2 Å². The molecule has 16 heavy (non-hydrogen) atoms. The fourth-order valence-electron chi connectivity index (χ4n) is 1.91. The molecule has 0 aliphatic carbocycles. The first kappa shape index (κ1) is 10.9. The van der Waals surface area contributed by atoms with Gasteiger partial charge in [-0.2, -0.15) is 0 Å². The monoisotopic (exact) mass is 232 g/mol. The second-order valence-corrected chi connectivity index (χ2v) is 4.01. The highest BCUT2D eigenvalue weighted by molar-refractivity contribution is 7.80. The maximum atomic E-state index is 9.47. The van der Waals surface area contributed by atoms with Crippen molar-refractivity contribution in [2.75, 3.05) is 7.11 Å². The number of aryl methyl sites for hydroxylation is 1. The van der Waals surface area contributed by atoms with Crippen molar-refractivity contribution in [1.29, 1.82) is 0 Å². The Kier molecular flexibility index (Phi) is 2.79. The molecule has 0 atom stereocenters. The quantitative estimate of drug-likeness (QED) is 0.805. The third-order valence-corrected chi connectivity index (χ3v) is 2.86. The van der Waals surface area contributed by atoms with E-state index in [0.29, 0.717) is 11.3 Å². The van der Waals surface area contributed by atoms with E-state index in [2.05, 4.69) is 0 Å². The lowest BCUT2D eigenvalue weighted by Gasteiger charge is -2.12. The summed E-state index contributed by atoms with van der Waals surface area (Å²) in [7, 11) is 1.58. The minimum atomic E-state index is -0.134. The van der Waals surface area contributed by atoms with E-state index in [0.717, 1.165) is 16.3 Å². The number of methoxy groups -OCH3 is 1. The molecule has 0 aliphatic heterocycles. The fourth-order valence-corrected chi connectivity index (χ4v) is 2.06. The number of thiocarbonyl (C=S) groups is 1. The van der Waals surface area contributed by atoms with Gasteiger partial charge in [0.1, 0.15) is 5.75 Å². The maximum absolute atomic E-state index is 9.47. The van der Waals surface area contributed by atoms with Crippen LogP contribution in [0, 0.1) is 6.92 Å². The number of benzene rings is 2.